The highest BCUT2D eigenvalue weighted by molar-refractivity contribution is 7.89. The fourth-order valence-corrected chi connectivity index (χ4v) is 4.04. The van der Waals surface area contributed by atoms with Gasteiger partial charge in [-0.2, -0.15) is 5.10 Å². The highest BCUT2D eigenvalue weighted by atomic mass is 32.2. The van der Waals surface area contributed by atoms with Crippen LogP contribution in [-0.2, 0) is 10.0 Å². The van der Waals surface area contributed by atoms with Crippen LogP contribution < -0.4 is 5.14 Å². The molecule has 7 nitrogen and oxygen atoms in total. The van der Waals surface area contributed by atoms with Gasteiger partial charge in [0.05, 0.1) is 23.0 Å². The molecule has 0 aliphatic carbocycles. The van der Waals surface area contributed by atoms with Crippen LogP contribution in [0.2, 0.25) is 0 Å². The lowest BCUT2D eigenvalue weighted by Gasteiger charge is -2.31. The molecule has 3 heterocycles. The molecule has 0 radical (unpaired) electrons. The minimum Gasteiger partial charge on any atom is -0.339 e. The Bertz CT molecular complexity index is 836. The minimum absolute atomic E-state index is 0.00891. The lowest BCUT2D eigenvalue weighted by atomic mass is 9.98. The standard InChI is InChI=1S/C15H20N4O3S/c1-11-2-3-14-13(8-17-19(14)9-11)15(20)18-6-4-12(5-7-18)10-23(16,21)22/h2-3,8-9,12H,4-7,10H2,1H3,(H2,16,21,22). The SMILES string of the molecule is Cc1ccc2c(C(=O)N3CCC(CS(N)(=O)=O)CC3)cnn2c1. The van der Waals surface area contributed by atoms with Gasteiger partial charge in [-0.1, -0.05) is 6.07 Å². The van der Waals surface area contributed by atoms with Gasteiger partial charge in [-0.3, -0.25) is 4.79 Å². The lowest BCUT2D eigenvalue weighted by Crippen LogP contribution is -2.40. The van der Waals surface area contributed by atoms with E-state index in [0.29, 0.717) is 31.5 Å². The van der Waals surface area contributed by atoms with Crippen molar-refractivity contribution in [1.29, 1.82) is 0 Å². The summed E-state index contributed by atoms with van der Waals surface area (Å²) in [5.41, 5.74) is 2.44. The number of nitrogens with zero attached hydrogens (tertiary/aromatic N) is 3. The third-order valence-electron chi connectivity index (χ3n) is 4.26. The number of aryl methyl sites for hydroxylation is 1. The summed E-state index contributed by atoms with van der Waals surface area (Å²) < 4.78 is 24.0. The minimum atomic E-state index is -3.45. The molecule has 0 spiro atoms. The fourth-order valence-electron chi connectivity index (χ4n) is 3.05. The normalized spacial score (nSPS) is 16.9. The van der Waals surface area contributed by atoms with Crippen LogP contribution in [0.4, 0.5) is 0 Å². The van der Waals surface area contributed by atoms with Crippen molar-refractivity contribution in [3.05, 3.63) is 35.7 Å². The van der Waals surface area contributed by atoms with Gasteiger partial charge < -0.3 is 4.90 Å². The summed E-state index contributed by atoms with van der Waals surface area (Å²) >= 11 is 0. The van der Waals surface area contributed by atoms with Crippen molar-refractivity contribution in [2.45, 2.75) is 19.8 Å². The lowest BCUT2D eigenvalue weighted by molar-refractivity contribution is 0.0700. The van der Waals surface area contributed by atoms with Crippen LogP contribution >= 0.6 is 0 Å². The molecule has 2 N–H and O–H groups in total. The van der Waals surface area contributed by atoms with E-state index in [1.165, 1.54) is 0 Å². The average Bonchev–Trinajstić information content (AvgIpc) is 2.88. The van der Waals surface area contributed by atoms with Crippen molar-refractivity contribution in [2.24, 2.45) is 11.1 Å². The molecule has 23 heavy (non-hydrogen) atoms. The number of carbonyl (C=O) groups excluding carboxylic acids is 1. The number of sulfonamides is 1. The number of rotatable bonds is 3. The van der Waals surface area contributed by atoms with Crippen molar-refractivity contribution in [2.75, 3.05) is 18.8 Å². The molecule has 1 amide bonds. The second-order valence-corrected chi connectivity index (χ2v) is 7.82. The summed E-state index contributed by atoms with van der Waals surface area (Å²) in [5.74, 6) is -0.0381. The van der Waals surface area contributed by atoms with Gasteiger partial charge in [0, 0.05) is 19.3 Å². The van der Waals surface area contributed by atoms with Gasteiger partial charge in [-0.05, 0) is 37.3 Å². The molecule has 1 fully saturated rings. The number of pyridine rings is 1. The van der Waals surface area contributed by atoms with E-state index in [4.69, 9.17) is 5.14 Å². The summed E-state index contributed by atoms with van der Waals surface area (Å²) in [4.78, 5) is 14.4. The van der Waals surface area contributed by atoms with Crippen molar-refractivity contribution in [3.63, 3.8) is 0 Å². The molecule has 0 atom stereocenters. The number of aromatic nitrogens is 2. The van der Waals surface area contributed by atoms with E-state index < -0.39 is 10.0 Å². The molecule has 0 unspecified atom stereocenters. The van der Waals surface area contributed by atoms with E-state index in [0.717, 1.165) is 11.1 Å². The van der Waals surface area contributed by atoms with Gasteiger partial charge in [-0.15, -0.1) is 0 Å². The van der Waals surface area contributed by atoms with Gasteiger partial charge in [0.15, 0.2) is 0 Å². The Hall–Kier alpha value is -1.93. The van der Waals surface area contributed by atoms with Crippen LogP contribution in [-0.4, -0.2) is 47.7 Å². The Labute approximate surface area is 135 Å². The van der Waals surface area contributed by atoms with E-state index in [-0.39, 0.29) is 17.6 Å². The quantitative estimate of drug-likeness (QED) is 0.895. The van der Waals surface area contributed by atoms with Crippen LogP contribution in [0, 0.1) is 12.8 Å². The molecule has 2 aromatic heterocycles. The summed E-state index contributed by atoms with van der Waals surface area (Å²) in [6.45, 7) is 3.06. The molecule has 0 bridgehead atoms. The fraction of sp³-hybridized carbons (Fsp3) is 0.467. The Kier molecular flexibility index (Phi) is 4.11. The Morgan fingerprint density at radius 1 is 1.35 bits per heavy atom. The first-order valence-corrected chi connectivity index (χ1v) is 9.29. The molecule has 3 rings (SSSR count). The van der Waals surface area contributed by atoms with Crippen molar-refractivity contribution in [3.8, 4) is 0 Å². The van der Waals surface area contributed by atoms with E-state index in [1.54, 1.807) is 15.6 Å². The van der Waals surface area contributed by atoms with Gasteiger partial charge >= 0.3 is 0 Å². The average molecular weight is 336 g/mol. The van der Waals surface area contributed by atoms with Gasteiger partial charge in [0.25, 0.3) is 5.91 Å². The predicted molar refractivity (Wildman–Crippen MR) is 86.5 cm³/mol. The maximum Gasteiger partial charge on any atom is 0.257 e. The number of primary sulfonamides is 1. The molecule has 1 aliphatic heterocycles. The molecule has 0 saturated carbocycles. The second kappa shape index (κ2) is 5.93. The van der Waals surface area contributed by atoms with E-state index >= 15 is 0 Å². The molecule has 1 saturated heterocycles. The zero-order valence-corrected chi connectivity index (χ0v) is 13.8. The third-order valence-corrected chi connectivity index (χ3v) is 5.20. The number of amides is 1. The highest BCUT2D eigenvalue weighted by Gasteiger charge is 2.27. The third kappa shape index (κ3) is 3.53. The van der Waals surface area contributed by atoms with Gasteiger partial charge in [0.1, 0.15) is 0 Å². The van der Waals surface area contributed by atoms with Crippen LogP contribution in [0.15, 0.2) is 24.5 Å². The smallest absolute Gasteiger partial charge is 0.257 e. The number of hydrogen-bond donors (Lipinski definition) is 1. The van der Waals surface area contributed by atoms with Crippen LogP contribution in [0.5, 0.6) is 0 Å². The van der Waals surface area contributed by atoms with Crippen LogP contribution in [0.1, 0.15) is 28.8 Å². The summed E-state index contributed by atoms with van der Waals surface area (Å²) in [6.07, 6.45) is 4.78. The molecule has 0 aromatic carbocycles. The molecule has 124 valence electrons. The topological polar surface area (TPSA) is 97.8 Å². The number of likely N-dealkylation sites (tertiary alicyclic amines) is 1. The first-order chi connectivity index (χ1) is 10.8. The number of carbonyl (C=O) groups is 1. The van der Waals surface area contributed by atoms with Crippen molar-refractivity contribution in [1.82, 2.24) is 14.5 Å². The van der Waals surface area contributed by atoms with Gasteiger partial charge in [-0.25, -0.2) is 18.1 Å². The maximum atomic E-state index is 12.7. The number of piperidine rings is 1. The van der Waals surface area contributed by atoms with Crippen molar-refractivity contribution < 1.29 is 13.2 Å². The monoisotopic (exact) mass is 336 g/mol. The van der Waals surface area contributed by atoms with Crippen LogP contribution in [0.25, 0.3) is 5.52 Å². The zero-order valence-electron chi connectivity index (χ0n) is 13.0. The highest BCUT2D eigenvalue weighted by Crippen LogP contribution is 2.21. The molecule has 2 aromatic rings. The van der Waals surface area contributed by atoms with Gasteiger partial charge in [0.2, 0.25) is 10.0 Å². The van der Waals surface area contributed by atoms with E-state index in [1.807, 2.05) is 25.3 Å². The van der Waals surface area contributed by atoms with Crippen molar-refractivity contribution >= 4 is 21.4 Å². The molecule has 8 heteroatoms. The Morgan fingerprint density at radius 2 is 2.04 bits per heavy atom. The van der Waals surface area contributed by atoms with E-state index in [2.05, 4.69) is 5.10 Å². The molecule has 1 aliphatic rings. The first kappa shape index (κ1) is 15.9. The summed E-state index contributed by atoms with van der Waals surface area (Å²) in [7, 11) is -3.45. The number of hydrogen-bond acceptors (Lipinski definition) is 4. The Balaban J connectivity index is 1.72. The zero-order chi connectivity index (χ0) is 16.6. The van der Waals surface area contributed by atoms with E-state index in [9.17, 15) is 13.2 Å². The maximum absolute atomic E-state index is 12.7. The predicted octanol–water partition coefficient (Wildman–Crippen LogP) is 0.783. The number of fused-ring (bicyclic) bond motifs is 1. The van der Waals surface area contributed by atoms with Crippen LogP contribution in [0.3, 0.4) is 0 Å². The first-order valence-electron chi connectivity index (χ1n) is 7.57. The Morgan fingerprint density at radius 3 is 2.70 bits per heavy atom. The largest absolute Gasteiger partial charge is 0.339 e. The molecular weight excluding hydrogens is 316 g/mol. The number of nitrogens with two attached hydrogens (primary N) is 1. The second-order valence-electron chi connectivity index (χ2n) is 6.16. The summed E-state index contributed by atoms with van der Waals surface area (Å²) in [5, 5.41) is 9.33. The molecular formula is C15H20N4O3S. The summed E-state index contributed by atoms with van der Waals surface area (Å²) in [6, 6.07) is 3.84.